The van der Waals surface area contributed by atoms with Crippen LogP contribution in [-0.2, 0) is 4.74 Å². The minimum Gasteiger partial charge on any atom is -0.451 e. The van der Waals surface area contributed by atoms with Crippen LogP contribution < -0.4 is 0 Å². The molecule has 0 aliphatic heterocycles. The first-order chi connectivity index (χ1) is 11.2. The van der Waals surface area contributed by atoms with Crippen LogP contribution in [-0.4, -0.2) is 27.8 Å². The van der Waals surface area contributed by atoms with Crippen molar-refractivity contribution in [3.8, 4) is 0 Å². The molecule has 0 unspecified atom stereocenters. The Labute approximate surface area is 138 Å². The summed E-state index contributed by atoms with van der Waals surface area (Å²) in [6.45, 7) is 7.29. The van der Waals surface area contributed by atoms with Gasteiger partial charge in [0.1, 0.15) is 4.92 Å². The highest BCUT2D eigenvalue weighted by Gasteiger charge is 2.21. The third-order valence-corrected chi connectivity index (χ3v) is 3.61. The lowest BCUT2D eigenvalue weighted by Crippen LogP contribution is -2.15. The highest BCUT2D eigenvalue weighted by atomic mass is 16.7. The Morgan fingerprint density at radius 2 is 2.00 bits per heavy atom. The average Bonchev–Trinajstić information content (AvgIpc) is 3.09. The molecule has 2 heterocycles. The number of rotatable bonds is 6. The lowest BCUT2D eigenvalue weighted by Gasteiger charge is -2.13. The maximum Gasteiger partial charge on any atom is 0.433 e. The molecule has 0 aromatic carbocycles. The average molecular weight is 334 g/mol. The number of hydrogen-bond acceptors (Lipinski definition) is 6. The smallest absolute Gasteiger partial charge is 0.433 e. The highest BCUT2D eigenvalue weighted by Crippen LogP contribution is 2.21. The summed E-state index contributed by atoms with van der Waals surface area (Å²) < 4.78 is 11.6. The van der Waals surface area contributed by atoms with E-state index in [2.05, 4.69) is 0 Å². The number of aromatic nitrogens is 1. The maximum absolute atomic E-state index is 12.3. The van der Waals surface area contributed by atoms with Crippen LogP contribution in [0.15, 0.2) is 22.6 Å². The molecule has 0 spiro atoms. The summed E-state index contributed by atoms with van der Waals surface area (Å²) in [4.78, 5) is 33.8. The molecule has 8 nitrogen and oxygen atoms in total. The van der Waals surface area contributed by atoms with E-state index in [9.17, 15) is 19.7 Å². The number of esters is 1. The fourth-order valence-electron chi connectivity index (χ4n) is 2.67. The van der Waals surface area contributed by atoms with Gasteiger partial charge in [0.15, 0.2) is 6.61 Å². The number of ether oxygens (including phenoxy) is 1. The standard InChI is InChI=1S/C16H18N2O6/c1-9(2)17-10(3)7-12(11(17)4)13(19)8-23-16(20)14-5-6-15(24-14)18(21)22/h5-7,9H,8H2,1-4H3. The van der Waals surface area contributed by atoms with E-state index in [1.165, 1.54) is 0 Å². The first-order valence-corrected chi connectivity index (χ1v) is 7.35. The van der Waals surface area contributed by atoms with E-state index in [4.69, 9.17) is 9.15 Å². The number of aryl methyl sites for hydroxylation is 1. The largest absolute Gasteiger partial charge is 0.451 e. The van der Waals surface area contributed by atoms with Crippen LogP contribution in [0.2, 0.25) is 0 Å². The van der Waals surface area contributed by atoms with Crippen LogP contribution in [0.4, 0.5) is 5.88 Å². The van der Waals surface area contributed by atoms with E-state index < -0.39 is 23.4 Å². The molecule has 0 aliphatic carbocycles. The van der Waals surface area contributed by atoms with Crippen molar-refractivity contribution in [1.82, 2.24) is 4.57 Å². The first kappa shape index (κ1) is 17.5. The molecule has 0 bridgehead atoms. The third kappa shape index (κ3) is 3.37. The SMILES string of the molecule is Cc1cc(C(=O)COC(=O)c2ccc([N+](=O)[O-])o2)c(C)n1C(C)C. The molecule has 128 valence electrons. The second-order valence-electron chi connectivity index (χ2n) is 5.64. The fraction of sp³-hybridized carbons (Fsp3) is 0.375. The summed E-state index contributed by atoms with van der Waals surface area (Å²) in [5.74, 6) is -2.14. The molecule has 2 rings (SSSR count). The van der Waals surface area contributed by atoms with Crippen LogP contribution in [0.25, 0.3) is 0 Å². The van der Waals surface area contributed by atoms with Gasteiger partial charge in [-0.05, 0) is 39.8 Å². The molecule has 24 heavy (non-hydrogen) atoms. The molecule has 0 saturated carbocycles. The first-order valence-electron chi connectivity index (χ1n) is 7.35. The van der Waals surface area contributed by atoms with Crippen LogP contribution in [0.5, 0.6) is 0 Å². The Morgan fingerprint density at radius 3 is 2.50 bits per heavy atom. The Morgan fingerprint density at radius 1 is 1.33 bits per heavy atom. The second-order valence-corrected chi connectivity index (χ2v) is 5.64. The van der Waals surface area contributed by atoms with Crippen molar-refractivity contribution in [2.75, 3.05) is 6.61 Å². The van der Waals surface area contributed by atoms with Crippen molar-refractivity contribution >= 4 is 17.6 Å². The molecule has 2 aromatic heterocycles. The predicted octanol–water partition coefficient (Wildman–Crippen LogP) is 3.23. The van der Waals surface area contributed by atoms with E-state index in [0.29, 0.717) is 5.56 Å². The van der Waals surface area contributed by atoms with Crippen molar-refractivity contribution in [2.45, 2.75) is 33.7 Å². The third-order valence-electron chi connectivity index (χ3n) is 3.61. The minimum absolute atomic E-state index is 0.206. The van der Waals surface area contributed by atoms with E-state index in [0.717, 1.165) is 23.5 Å². The fourth-order valence-corrected chi connectivity index (χ4v) is 2.67. The number of nitrogens with zero attached hydrogens (tertiary/aromatic N) is 2. The molecule has 0 amide bonds. The number of Topliss-reactive ketones (excluding diaryl/α,β-unsaturated/α-hetero) is 1. The second kappa shape index (κ2) is 6.69. The molecule has 0 fully saturated rings. The van der Waals surface area contributed by atoms with Crippen LogP contribution in [0.3, 0.4) is 0 Å². The Bertz CT molecular complexity index is 800. The van der Waals surface area contributed by atoms with Gasteiger partial charge in [-0.25, -0.2) is 4.79 Å². The van der Waals surface area contributed by atoms with Gasteiger partial charge in [0.25, 0.3) is 0 Å². The Kier molecular flexibility index (Phi) is 4.87. The monoisotopic (exact) mass is 334 g/mol. The normalized spacial score (nSPS) is 10.9. The van der Waals surface area contributed by atoms with Crippen molar-refractivity contribution in [3.63, 3.8) is 0 Å². The predicted molar refractivity (Wildman–Crippen MR) is 84.3 cm³/mol. The number of nitro groups is 1. The van der Waals surface area contributed by atoms with Crippen LogP contribution >= 0.6 is 0 Å². The van der Waals surface area contributed by atoms with Crippen molar-refractivity contribution in [1.29, 1.82) is 0 Å². The number of carbonyl (C=O) groups excluding carboxylic acids is 2. The number of furan rings is 1. The van der Waals surface area contributed by atoms with Gasteiger partial charge >= 0.3 is 11.9 Å². The van der Waals surface area contributed by atoms with Gasteiger partial charge in [-0.15, -0.1) is 0 Å². The van der Waals surface area contributed by atoms with Gasteiger partial charge in [0, 0.05) is 23.0 Å². The van der Waals surface area contributed by atoms with Crippen LogP contribution in [0, 0.1) is 24.0 Å². The minimum atomic E-state index is -0.922. The summed E-state index contributed by atoms with van der Waals surface area (Å²) in [6, 6.07) is 4.14. The van der Waals surface area contributed by atoms with E-state index in [1.807, 2.05) is 32.3 Å². The lowest BCUT2D eigenvalue weighted by molar-refractivity contribution is -0.402. The van der Waals surface area contributed by atoms with Crippen molar-refractivity contribution in [2.24, 2.45) is 0 Å². The molecular formula is C16H18N2O6. The van der Waals surface area contributed by atoms with Gasteiger partial charge in [0.05, 0.1) is 6.07 Å². The molecular weight excluding hydrogens is 316 g/mol. The quantitative estimate of drug-likeness (QED) is 0.347. The number of ketones is 1. The Hall–Kier alpha value is -2.90. The summed E-state index contributed by atoms with van der Waals surface area (Å²) in [5.41, 5.74) is 2.23. The van der Waals surface area contributed by atoms with E-state index in [1.54, 1.807) is 6.07 Å². The number of carbonyl (C=O) groups is 2. The zero-order valence-corrected chi connectivity index (χ0v) is 13.9. The maximum atomic E-state index is 12.3. The highest BCUT2D eigenvalue weighted by molar-refractivity contribution is 6.00. The molecule has 0 saturated heterocycles. The van der Waals surface area contributed by atoms with E-state index >= 15 is 0 Å². The molecule has 0 radical (unpaired) electrons. The number of hydrogen-bond donors (Lipinski definition) is 0. The summed E-state index contributed by atoms with van der Waals surface area (Å²) >= 11 is 0. The zero-order valence-electron chi connectivity index (χ0n) is 13.9. The van der Waals surface area contributed by atoms with Gasteiger partial charge < -0.3 is 13.7 Å². The van der Waals surface area contributed by atoms with Gasteiger partial charge in [-0.1, -0.05) is 0 Å². The summed E-state index contributed by atoms with van der Waals surface area (Å²) in [6.07, 6.45) is 0. The molecule has 2 aromatic rings. The Balaban J connectivity index is 2.06. The molecule has 8 heteroatoms. The molecule has 0 atom stereocenters. The molecule has 0 N–H and O–H groups in total. The van der Waals surface area contributed by atoms with E-state index in [-0.39, 0.29) is 17.6 Å². The van der Waals surface area contributed by atoms with Gasteiger partial charge in [-0.3, -0.25) is 14.9 Å². The topological polar surface area (TPSA) is 105 Å². The van der Waals surface area contributed by atoms with Gasteiger partial charge in [-0.2, -0.15) is 0 Å². The summed E-state index contributed by atoms with van der Waals surface area (Å²) in [7, 11) is 0. The summed E-state index contributed by atoms with van der Waals surface area (Å²) in [5, 5.41) is 10.5. The molecule has 0 aliphatic rings. The van der Waals surface area contributed by atoms with Crippen molar-refractivity contribution < 1.29 is 23.7 Å². The van der Waals surface area contributed by atoms with Gasteiger partial charge in [0.2, 0.25) is 11.5 Å². The van der Waals surface area contributed by atoms with Crippen molar-refractivity contribution in [3.05, 3.63) is 51.0 Å². The van der Waals surface area contributed by atoms with Crippen LogP contribution in [0.1, 0.15) is 52.2 Å². The zero-order chi connectivity index (χ0) is 18.0. The lowest BCUT2D eigenvalue weighted by atomic mass is 10.1.